The fourth-order valence-corrected chi connectivity index (χ4v) is 2.72. The maximum absolute atomic E-state index is 12.8. The molecule has 21 heavy (non-hydrogen) atoms. The molecule has 1 aromatic rings. The van der Waals surface area contributed by atoms with Gasteiger partial charge in [-0.1, -0.05) is 0 Å². The third kappa shape index (κ3) is 4.79. The third-order valence-corrected chi connectivity index (χ3v) is 4.12. The molecular formula is C16H23FN2O2. The van der Waals surface area contributed by atoms with Gasteiger partial charge in [0.1, 0.15) is 5.82 Å². The quantitative estimate of drug-likeness (QED) is 0.876. The molecule has 0 bridgehead atoms. The van der Waals surface area contributed by atoms with Crippen molar-refractivity contribution < 1.29 is 14.3 Å². The minimum Gasteiger partial charge on any atom is -0.396 e. The number of halogens is 1. The molecular weight excluding hydrogens is 271 g/mol. The van der Waals surface area contributed by atoms with E-state index in [-0.39, 0.29) is 18.3 Å². The van der Waals surface area contributed by atoms with E-state index in [1.165, 1.54) is 12.1 Å². The fraction of sp³-hybridized carbons (Fsp3) is 0.562. The van der Waals surface area contributed by atoms with E-state index in [0.29, 0.717) is 30.6 Å². The molecule has 4 nitrogen and oxygen atoms in total. The molecule has 1 fully saturated rings. The van der Waals surface area contributed by atoms with E-state index in [1.54, 1.807) is 12.1 Å². The van der Waals surface area contributed by atoms with Gasteiger partial charge in [0.05, 0.1) is 0 Å². The average molecular weight is 294 g/mol. The number of benzene rings is 1. The first-order valence-corrected chi connectivity index (χ1v) is 7.49. The second-order valence-electron chi connectivity index (χ2n) is 5.77. The molecule has 2 atom stereocenters. The van der Waals surface area contributed by atoms with E-state index in [4.69, 9.17) is 0 Å². The standard InChI is InChI=1S/C16H23FN2O2/c1-12-2-3-13(11-20)10-19(12)9-8-16(21)18-15-6-4-14(17)5-7-15/h4-7,12-13,20H,2-3,8-11H2,1H3,(H,18,21). The van der Waals surface area contributed by atoms with Crippen LogP contribution < -0.4 is 5.32 Å². The van der Waals surface area contributed by atoms with Gasteiger partial charge >= 0.3 is 0 Å². The lowest BCUT2D eigenvalue weighted by Gasteiger charge is -2.37. The van der Waals surface area contributed by atoms with Crippen LogP contribution >= 0.6 is 0 Å². The summed E-state index contributed by atoms with van der Waals surface area (Å²) < 4.78 is 12.8. The van der Waals surface area contributed by atoms with Gasteiger partial charge in [-0.05, 0) is 49.9 Å². The van der Waals surface area contributed by atoms with Crippen LogP contribution in [-0.4, -0.2) is 41.7 Å². The van der Waals surface area contributed by atoms with Gasteiger partial charge < -0.3 is 10.4 Å². The molecule has 2 unspecified atom stereocenters. The summed E-state index contributed by atoms with van der Waals surface area (Å²) in [6.07, 6.45) is 2.51. The Labute approximate surface area is 125 Å². The Morgan fingerprint density at radius 2 is 2.10 bits per heavy atom. The zero-order chi connectivity index (χ0) is 15.2. The normalized spacial score (nSPS) is 23.0. The fourth-order valence-electron chi connectivity index (χ4n) is 2.72. The number of likely N-dealkylation sites (tertiary alicyclic amines) is 1. The second-order valence-corrected chi connectivity index (χ2v) is 5.77. The molecule has 1 aliphatic rings. The molecule has 0 spiro atoms. The number of hydrogen-bond acceptors (Lipinski definition) is 3. The number of aliphatic hydroxyl groups excluding tert-OH is 1. The van der Waals surface area contributed by atoms with Crippen molar-refractivity contribution in [2.45, 2.75) is 32.2 Å². The summed E-state index contributed by atoms with van der Waals surface area (Å²) >= 11 is 0. The molecule has 1 aromatic carbocycles. The van der Waals surface area contributed by atoms with E-state index in [1.807, 2.05) is 0 Å². The molecule has 0 aliphatic carbocycles. The van der Waals surface area contributed by atoms with Crippen LogP contribution in [0.3, 0.4) is 0 Å². The van der Waals surface area contributed by atoms with Crippen molar-refractivity contribution >= 4 is 11.6 Å². The van der Waals surface area contributed by atoms with E-state index >= 15 is 0 Å². The molecule has 1 saturated heterocycles. The lowest BCUT2D eigenvalue weighted by Crippen LogP contribution is -2.43. The lowest BCUT2D eigenvalue weighted by atomic mass is 9.94. The average Bonchev–Trinajstić information content (AvgIpc) is 2.49. The number of rotatable bonds is 5. The highest BCUT2D eigenvalue weighted by Crippen LogP contribution is 2.21. The van der Waals surface area contributed by atoms with E-state index in [9.17, 15) is 14.3 Å². The van der Waals surface area contributed by atoms with Gasteiger partial charge in [-0.2, -0.15) is 0 Å². The molecule has 0 aromatic heterocycles. The molecule has 116 valence electrons. The summed E-state index contributed by atoms with van der Waals surface area (Å²) in [5.74, 6) is -0.0634. The molecule has 1 heterocycles. The molecule has 5 heteroatoms. The number of piperidine rings is 1. The molecule has 1 aliphatic heterocycles. The predicted molar refractivity (Wildman–Crippen MR) is 80.5 cm³/mol. The minimum absolute atomic E-state index is 0.0695. The van der Waals surface area contributed by atoms with Crippen molar-refractivity contribution in [3.63, 3.8) is 0 Å². The van der Waals surface area contributed by atoms with Crippen LogP contribution in [0.4, 0.5) is 10.1 Å². The first-order chi connectivity index (χ1) is 10.1. The van der Waals surface area contributed by atoms with Crippen LogP contribution in [0.15, 0.2) is 24.3 Å². The first-order valence-electron chi connectivity index (χ1n) is 7.49. The highest BCUT2D eigenvalue weighted by atomic mass is 19.1. The summed E-state index contributed by atoms with van der Waals surface area (Å²) in [5.41, 5.74) is 0.612. The van der Waals surface area contributed by atoms with Gasteiger partial charge in [0.15, 0.2) is 0 Å². The van der Waals surface area contributed by atoms with Gasteiger partial charge in [-0.15, -0.1) is 0 Å². The Balaban J connectivity index is 1.78. The molecule has 1 amide bonds. The van der Waals surface area contributed by atoms with Crippen LogP contribution in [0.5, 0.6) is 0 Å². The van der Waals surface area contributed by atoms with Crippen molar-refractivity contribution in [2.75, 3.05) is 25.0 Å². The number of aliphatic hydroxyl groups is 1. The summed E-state index contributed by atoms with van der Waals surface area (Å²) in [4.78, 5) is 14.2. The molecule has 0 saturated carbocycles. The minimum atomic E-state index is -0.315. The van der Waals surface area contributed by atoms with Crippen LogP contribution in [0.2, 0.25) is 0 Å². The van der Waals surface area contributed by atoms with Gasteiger partial charge in [0.25, 0.3) is 0 Å². The number of nitrogens with zero attached hydrogens (tertiary/aromatic N) is 1. The van der Waals surface area contributed by atoms with Crippen LogP contribution in [0, 0.1) is 11.7 Å². The van der Waals surface area contributed by atoms with Crippen LogP contribution in [0.1, 0.15) is 26.2 Å². The Morgan fingerprint density at radius 1 is 1.38 bits per heavy atom. The van der Waals surface area contributed by atoms with Crippen molar-refractivity contribution in [1.29, 1.82) is 0 Å². The summed E-state index contributed by atoms with van der Waals surface area (Å²) in [6, 6.07) is 6.21. The Bertz CT molecular complexity index is 464. The second kappa shape index (κ2) is 7.52. The summed E-state index contributed by atoms with van der Waals surface area (Å²) in [6.45, 7) is 3.91. The zero-order valence-corrected chi connectivity index (χ0v) is 12.4. The van der Waals surface area contributed by atoms with E-state index in [2.05, 4.69) is 17.1 Å². The van der Waals surface area contributed by atoms with Crippen molar-refractivity contribution in [1.82, 2.24) is 4.90 Å². The molecule has 2 N–H and O–H groups in total. The van der Waals surface area contributed by atoms with E-state index < -0.39 is 0 Å². The van der Waals surface area contributed by atoms with Gasteiger partial charge in [0.2, 0.25) is 5.91 Å². The summed E-state index contributed by atoms with van der Waals surface area (Å²) in [7, 11) is 0. The SMILES string of the molecule is CC1CCC(CO)CN1CCC(=O)Nc1ccc(F)cc1. The zero-order valence-electron chi connectivity index (χ0n) is 12.4. The number of carbonyl (C=O) groups is 1. The number of nitrogens with one attached hydrogen (secondary N) is 1. The molecule has 0 radical (unpaired) electrons. The third-order valence-electron chi connectivity index (χ3n) is 4.12. The topological polar surface area (TPSA) is 52.6 Å². The monoisotopic (exact) mass is 294 g/mol. The summed E-state index contributed by atoms with van der Waals surface area (Å²) in [5, 5.41) is 12.0. The number of amides is 1. The van der Waals surface area contributed by atoms with Crippen molar-refractivity contribution in [3.05, 3.63) is 30.1 Å². The number of anilines is 1. The predicted octanol–water partition coefficient (Wildman–Crippen LogP) is 2.25. The first kappa shape index (κ1) is 15.9. The highest BCUT2D eigenvalue weighted by Gasteiger charge is 2.24. The van der Waals surface area contributed by atoms with Crippen molar-refractivity contribution in [2.24, 2.45) is 5.92 Å². The maximum atomic E-state index is 12.8. The Hall–Kier alpha value is -1.46. The van der Waals surface area contributed by atoms with Crippen LogP contribution in [0.25, 0.3) is 0 Å². The Kier molecular flexibility index (Phi) is 5.70. The Morgan fingerprint density at radius 3 is 2.76 bits per heavy atom. The largest absolute Gasteiger partial charge is 0.396 e. The smallest absolute Gasteiger partial charge is 0.225 e. The van der Waals surface area contributed by atoms with Gasteiger partial charge in [-0.3, -0.25) is 9.69 Å². The van der Waals surface area contributed by atoms with Crippen LogP contribution in [-0.2, 0) is 4.79 Å². The molecule has 2 rings (SSSR count). The van der Waals surface area contributed by atoms with Gasteiger partial charge in [0, 0.05) is 37.8 Å². The van der Waals surface area contributed by atoms with E-state index in [0.717, 1.165) is 19.4 Å². The van der Waals surface area contributed by atoms with Gasteiger partial charge in [-0.25, -0.2) is 4.39 Å². The number of carbonyl (C=O) groups excluding carboxylic acids is 1. The maximum Gasteiger partial charge on any atom is 0.225 e. The number of hydrogen-bond donors (Lipinski definition) is 2. The van der Waals surface area contributed by atoms with Crippen molar-refractivity contribution in [3.8, 4) is 0 Å². The lowest BCUT2D eigenvalue weighted by molar-refractivity contribution is -0.116. The highest BCUT2D eigenvalue weighted by molar-refractivity contribution is 5.90.